The third-order valence-electron chi connectivity index (χ3n) is 5.84. The molecule has 1 saturated heterocycles. The topological polar surface area (TPSA) is 51.1 Å². The van der Waals surface area contributed by atoms with Crippen LogP contribution in [-0.2, 0) is 5.41 Å². The summed E-state index contributed by atoms with van der Waals surface area (Å²) >= 11 is 0. The Morgan fingerprint density at radius 1 is 1.00 bits per heavy atom. The van der Waals surface area contributed by atoms with Gasteiger partial charge in [0.2, 0.25) is 0 Å². The number of halogens is 1. The van der Waals surface area contributed by atoms with Crippen molar-refractivity contribution in [3.8, 4) is 5.75 Å². The van der Waals surface area contributed by atoms with Crippen LogP contribution in [0.15, 0.2) is 59.6 Å². The summed E-state index contributed by atoms with van der Waals surface area (Å²) in [5.74, 6) is 1.33. The largest absolute Gasteiger partial charge is 0.506 e. The highest BCUT2D eigenvalue weighted by Crippen LogP contribution is 2.47. The van der Waals surface area contributed by atoms with Gasteiger partial charge in [0.1, 0.15) is 5.75 Å². The van der Waals surface area contributed by atoms with Crippen molar-refractivity contribution in [2.24, 2.45) is 4.99 Å². The summed E-state index contributed by atoms with van der Waals surface area (Å²) in [6.45, 7) is 4.48. The monoisotopic (exact) mass is 492 g/mol. The SMILES string of the molecule is CN=C(NCC1(c2ccccc2)CC1)N1CCN(c2ccccc2O)CC1.I. The zero-order valence-corrected chi connectivity index (χ0v) is 18.7. The molecule has 6 heteroatoms. The summed E-state index contributed by atoms with van der Waals surface area (Å²) in [5, 5.41) is 13.7. The molecule has 4 rings (SSSR count). The van der Waals surface area contributed by atoms with Gasteiger partial charge in [-0.1, -0.05) is 42.5 Å². The van der Waals surface area contributed by atoms with Gasteiger partial charge in [-0.05, 0) is 30.5 Å². The molecule has 2 aromatic rings. The third-order valence-corrected chi connectivity index (χ3v) is 5.84. The third kappa shape index (κ3) is 4.37. The highest BCUT2D eigenvalue weighted by Gasteiger charge is 2.44. The van der Waals surface area contributed by atoms with Crippen LogP contribution in [0.2, 0.25) is 0 Å². The number of nitrogens with one attached hydrogen (secondary N) is 1. The fraction of sp³-hybridized carbons (Fsp3) is 0.409. The van der Waals surface area contributed by atoms with E-state index in [4.69, 9.17) is 0 Å². The summed E-state index contributed by atoms with van der Waals surface area (Å²) in [7, 11) is 1.86. The lowest BCUT2D eigenvalue weighted by molar-refractivity contribution is 0.368. The van der Waals surface area contributed by atoms with Crippen molar-refractivity contribution < 1.29 is 5.11 Å². The molecule has 5 nitrogen and oxygen atoms in total. The number of anilines is 1. The maximum absolute atomic E-state index is 10.1. The van der Waals surface area contributed by atoms with Crippen molar-refractivity contribution in [1.82, 2.24) is 10.2 Å². The maximum Gasteiger partial charge on any atom is 0.193 e. The van der Waals surface area contributed by atoms with Gasteiger partial charge in [0.05, 0.1) is 5.69 Å². The molecule has 1 saturated carbocycles. The molecule has 0 aromatic heterocycles. The molecule has 2 N–H and O–H groups in total. The summed E-state index contributed by atoms with van der Waals surface area (Å²) in [6.07, 6.45) is 2.48. The number of aromatic hydroxyl groups is 1. The molecule has 2 aromatic carbocycles. The van der Waals surface area contributed by atoms with Crippen LogP contribution in [0, 0.1) is 0 Å². The van der Waals surface area contributed by atoms with Crippen LogP contribution in [-0.4, -0.2) is 55.7 Å². The van der Waals surface area contributed by atoms with Crippen molar-refractivity contribution in [3.63, 3.8) is 0 Å². The van der Waals surface area contributed by atoms with E-state index in [2.05, 4.69) is 50.4 Å². The van der Waals surface area contributed by atoms with Crippen molar-refractivity contribution in [2.45, 2.75) is 18.3 Å². The molecule has 0 unspecified atom stereocenters. The van der Waals surface area contributed by atoms with E-state index in [0.717, 1.165) is 44.4 Å². The first-order valence-electron chi connectivity index (χ1n) is 9.76. The first kappa shape index (κ1) is 20.8. The van der Waals surface area contributed by atoms with E-state index in [0.29, 0.717) is 5.75 Å². The quantitative estimate of drug-likeness (QED) is 0.390. The van der Waals surface area contributed by atoms with Crippen LogP contribution in [0.3, 0.4) is 0 Å². The summed E-state index contributed by atoms with van der Waals surface area (Å²) in [4.78, 5) is 9.07. The number of para-hydroxylation sites is 2. The van der Waals surface area contributed by atoms with Gasteiger partial charge < -0.3 is 20.2 Å². The Labute approximate surface area is 184 Å². The number of benzene rings is 2. The Kier molecular flexibility index (Phi) is 6.69. The molecule has 1 heterocycles. The van der Waals surface area contributed by atoms with Gasteiger partial charge in [-0.25, -0.2) is 0 Å². The molecule has 0 atom stereocenters. The Bertz CT molecular complexity index is 799. The average Bonchev–Trinajstić information content (AvgIpc) is 3.51. The van der Waals surface area contributed by atoms with Crippen LogP contribution >= 0.6 is 24.0 Å². The number of nitrogens with zero attached hydrogens (tertiary/aromatic N) is 3. The minimum Gasteiger partial charge on any atom is -0.506 e. The van der Waals surface area contributed by atoms with E-state index in [-0.39, 0.29) is 29.4 Å². The number of phenols is 1. The van der Waals surface area contributed by atoms with Crippen molar-refractivity contribution in [3.05, 3.63) is 60.2 Å². The van der Waals surface area contributed by atoms with Crippen LogP contribution in [0.4, 0.5) is 5.69 Å². The van der Waals surface area contributed by atoms with Crippen LogP contribution in [0.25, 0.3) is 0 Å². The number of rotatable bonds is 4. The summed E-state index contributed by atoms with van der Waals surface area (Å²) < 4.78 is 0. The molecule has 1 aliphatic carbocycles. The molecule has 28 heavy (non-hydrogen) atoms. The van der Waals surface area contributed by atoms with Gasteiger partial charge in [0.15, 0.2) is 5.96 Å². The molecule has 0 radical (unpaired) electrons. The van der Waals surface area contributed by atoms with Gasteiger partial charge in [-0.2, -0.15) is 0 Å². The lowest BCUT2D eigenvalue weighted by Gasteiger charge is -2.38. The summed E-state index contributed by atoms with van der Waals surface area (Å²) in [5.41, 5.74) is 2.62. The van der Waals surface area contributed by atoms with Crippen molar-refractivity contribution >= 4 is 35.6 Å². The molecular formula is C22H29IN4O. The minimum atomic E-state index is 0. The predicted molar refractivity (Wildman–Crippen MR) is 126 cm³/mol. The van der Waals surface area contributed by atoms with Gasteiger partial charge >= 0.3 is 0 Å². The second-order valence-electron chi connectivity index (χ2n) is 7.51. The van der Waals surface area contributed by atoms with Crippen LogP contribution < -0.4 is 10.2 Å². The highest BCUT2D eigenvalue weighted by molar-refractivity contribution is 14.0. The Hall–Kier alpha value is -1.96. The van der Waals surface area contributed by atoms with E-state index in [1.54, 1.807) is 6.07 Å². The lowest BCUT2D eigenvalue weighted by Crippen LogP contribution is -2.53. The molecule has 150 valence electrons. The first-order valence-corrected chi connectivity index (χ1v) is 9.76. The second-order valence-corrected chi connectivity index (χ2v) is 7.51. The maximum atomic E-state index is 10.1. The van der Waals surface area contributed by atoms with E-state index < -0.39 is 0 Å². The molecule has 2 aliphatic rings. The van der Waals surface area contributed by atoms with Gasteiger partial charge in [0, 0.05) is 45.2 Å². The van der Waals surface area contributed by atoms with Crippen LogP contribution in [0.1, 0.15) is 18.4 Å². The highest BCUT2D eigenvalue weighted by atomic mass is 127. The Balaban J connectivity index is 0.00000225. The zero-order chi connectivity index (χ0) is 18.7. The Morgan fingerprint density at radius 3 is 2.25 bits per heavy atom. The molecule has 1 aliphatic heterocycles. The number of hydrogen-bond donors (Lipinski definition) is 2. The molecule has 0 bridgehead atoms. The molecule has 0 amide bonds. The van der Waals surface area contributed by atoms with E-state index >= 15 is 0 Å². The normalized spacial score (nSPS) is 18.4. The number of aliphatic imine (C=N–C) groups is 1. The van der Waals surface area contributed by atoms with Gasteiger partial charge in [0.25, 0.3) is 0 Å². The van der Waals surface area contributed by atoms with Crippen molar-refractivity contribution in [2.75, 3.05) is 44.7 Å². The smallest absolute Gasteiger partial charge is 0.193 e. The second kappa shape index (κ2) is 9.03. The minimum absolute atomic E-state index is 0. The van der Waals surface area contributed by atoms with Crippen LogP contribution in [0.5, 0.6) is 5.75 Å². The van der Waals surface area contributed by atoms with Gasteiger partial charge in [-0.3, -0.25) is 4.99 Å². The zero-order valence-electron chi connectivity index (χ0n) is 16.3. The van der Waals surface area contributed by atoms with Crippen molar-refractivity contribution in [1.29, 1.82) is 0 Å². The number of phenolic OH excluding ortho intramolecular Hbond substituents is 1. The van der Waals surface area contributed by atoms with E-state index in [1.165, 1.54) is 18.4 Å². The fourth-order valence-electron chi connectivity index (χ4n) is 3.98. The standard InChI is InChI=1S/C22H28N4O.HI/c1-23-21(24-17-22(11-12-22)18-7-3-2-4-8-18)26-15-13-25(14-16-26)19-9-5-6-10-20(19)27;/h2-10,27H,11-17H2,1H3,(H,23,24);1H. The Morgan fingerprint density at radius 2 is 1.64 bits per heavy atom. The van der Waals surface area contributed by atoms with E-state index in [1.807, 2.05) is 25.2 Å². The number of piperazine rings is 1. The fourth-order valence-corrected chi connectivity index (χ4v) is 3.98. The average molecular weight is 492 g/mol. The predicted octanol–water partition coefficient (Wildman–Crippen LogP) is 3.44. The summed E-state index contributed by atoms with van der Waals surface area (Å²) in [6, 6.07) is 18.4. The molecule has 0 spiro atoms. The number of guanidine groups is 1. The van der Waals surface area contributed by atoms with E-state index in [9.17, 15) is 5.11 Å². The first-order chi connectivity index (χ1) is 13.2. The molecular weight excluding hydrogens is 463 g/mol. The number of hydrogen-bond acceptors (Lipinski definition) is 3. The molecule has 2 fully saturated rings. The van der Waals surface area contributed by atoms with Gasteiger partial charge in [-0.15, -0.1) is 24.0 Å². The lowest BCUT2D eigenvalue weighted by atomic mass is 9.96.